The maximum atomic E-state index is 10.1. The van der Waals surface area contributed by atoms with E-state index in [0.717, 1.165) is 43.7 Å². The summed E-state index contributed by atoms with van der Waals surface area (Å²) in [7, 11) is 0. The van der Waals surface area contributed by atoms with Gasteiger partial charge in [-0.2, -0.15) is 5.21 Å². The number of aromatic nitrogens is 6. The molecule has 1 unspecified atom stereocenters. The Labute approximate surface area is 121 Å². The van der Waals surface area contributed by atoms with Crippen molar-refractivity contribution in [3.8, 4) is 0 Å². The van der Waals surface area contributed by atoms with E-state index in [1.807, 2.05) is 4.57 Å². The SMILES string of the molecule is OC1CN=CNc2ncn(CCCCCc3nn[nH]n3)c21. The average Bonchev–Trinajstić information content (AvgIpc) is 3.09. The van der Waals surface area contributed by atoms with Crippen LogP contribution in [-0.4, -0.2) is 48.2 Å². The van der Waals surface area contributed by atoms with Gasteiger partial charge in [-0.05, 0) is 12.8 Å². The first-order valence-electron chi connectivity index (χ1n) is 7.05. The van der Waals surface area contributed by atoms with Gasteiger partial charge < -0.3 is 15.0 Å². The van der Waals surface area contributed by atoms with E-state index in [9.17, 15) is 5.11 Å². The van der Waals surface area contributed by atoms with Crippen molar-refractivity contribution >= 4 is 12.2 Å². The normalized spacial score (nSPS) is 17.3. The van der Waals surface area contributed by atoms with Gasteiger partial charge >= 0.3 is 0 Å². The lowest BCUT2D eigenvalue weighted by molar-refractivity contribution is 0.178. The van der Waals surface area contributed by atoms with Crippen molar-refractivity contribution in [3.05, 3.63) is 17.8 Å². The number of hydrogen-bond donors (Lipinski definition) is 3. The van der Waals surface area contributed by atoms with E-state index in [1.54, 1.807) is 12.7 Å². The summed E-state index contributed by atoms with van der Waals surface area (Å²) in [6.45, 7) is 1.19. The van der Waals surface area contributed by atoms with Gasteiger partial charge in [-0.15, -0.1) is 10.2 Å². The number of nitrogens with zero attached hydrogens (tertiary/aromatic N) is 6. The Balaban J connectivity index is 1.49. The first kappa shape index (κ1) is 13.7. The second kappa shape index (κ2) is 6.44. The van der Waals surface area contributed by atoms with Crippen LogP contribution in [0.25, 0.3) is 0 Å². The highest BCUT2D eigenvalue weighted by molar-refractivity contribution is 5.75. The minimum atomic E-state index is -0.604. The monoisotopic (exact) mass is 290 g/mol. The van der Waals surface area contributed by atoms with Gasteiger partial charge in [-0.25, -0.2) is 4.98 Å². The lowest BCUT2D eigenvalue weighted by atomic mass is 10.2. The van der Waals surface area contributed by atoms with E-state index < -0.39 is 6.10 Å². The summed E-state index contributed by atoms with van der Waals surface area (Å²) in [4.78, 5) is 8.33. The zero-order valence-electron chi connectivity index (χ0n) is 11.6. The molecule has 0 saturated heterocycles. The first-order valence-corrected chi connectivity index (χ1v) is 7.05. The lowest BCUT2D eigenvalue weighted by Gasteiger charge is -2.12. The fourth-order valence-electron chi connectivity index (χ4n) is 2.41. The third-order valence-corrected chi connectivity index (χ3v) is 3.45. The van der Waals surface area contributed by atoms with Crippen LogP contribution in [0, 0.1) is 0 Å². The van der Waals surface area contributed by atoms with Crippen LogP contribution in [0.5, 0.6) is 0 Å². The Morgan fingerprint density at radius 1 is 1.33 bits per heavy atom. The van der Waals surface area contributed by atoms with Gasteiger partial charge in [-0.1, -0.05) is 11.6 Å². The van der Waals surface area contributed by atoms with Crippen LogP contribution < -0.4 is 5.32 Å². The molecule has 3 heterocycles. The fourth-order valence-corrected chi connectivity index (χ4v) is 2.41. The third kappa shape index (κ3) is 3.24. The molecule has 0 amide bonds. The van der Waals surface area contributed by atoms with E-state index >= 15 is 0 Å². The maximum absolute atomic E-state index is 10.1. The van der Waals surface area contributed by atoms with Gasteiger partial charge in [-0.3, -0.25) is 4.99 Å². The summed E-state index contributed by atoms with van der Waals surface area (Å²) >= 11 is 0. The zero-order valence-corrected chi connectivity index (χ0v) is 11.6. The van der Waals surface area contributed by atoms with Crippen molar-refractivity contribution in [1.29, 1.82) is 0 Å². The number of aliphatic hydroxyl groups excluding tert-OH is 1. The maximum Gasteiger partial charge on any atom is 0.174 e. The Morgan fingerprint density at radius 2 is 2.29 bits per heavy atom. The molecule has 0 bridgehead atoms. The largest absolute Gasteiger partial charge is 0.385 e. The number of nitrogens with one attached hydrogen (secondary N) is 2. The summed E-state index contributed by atoms with van der Waals surface area (Å²) in [6.07, 6.45) is 6.65. The average molecular weight is 290 g/mol. The number of aromatic amines is 1. The van der Waals surface area contributed by atoms with Crippen LogP contribution in [-0.2, 0) is 13.0 Å². The van der Waals surface area contributed by atoms with Crippen molar-refractivity contribution in [2.75, 3.05) is 11.9 Å². The van der Waals surface area contributed by atoms with Crippen LogP contribution >= 0.6 is 0 Å². The molecule has 0 saturated carbocycles. The Morgan fingerprint density at radius 3 is 3.14 bits per heavy atom. The van der Waals surface area contributed by atoms with E-state index in [0.29, 0.717) is 12.4 Å². The molecule has 21 heavy (non-hydrogen) atoms. The molecule has 1 aliphatic heterocycles. The predicted molar refractivity (Wildman–Crippen MR) is 75.9 cm³/mol. The molecule has 2 aromatic heterocycles. The van der Waals surface area contributed by atoms with Crippen LogP contribution in [0.4, 0.5) is 5.82 Å². The van der Waals surface area contributed by atoms with Crippen molar-refractivity contribution in [3.63, 3.8) is 0 Å². The number of fused-ring (bicyclic) bond motifs is 1. The number of aryl methyl sites for hydroxylation is 2. The number of aliphatic imine (C=N–C) groups is 1. The number of tetrazole rings is 1. The van der Waals surface area contributed by atoms with Crippen molar-refractivity contribution in [2.24, 2.45) is 4.99 Å². The second-order valence-corrected chi connectivity index (χ2v) is 4.96. The topological polar surface area (TPSA) is 117 Å². The Kier molecular flexibility index (Phi) is 4.20. The van der Waals surface area contributed by atoms with E-state index in [1.165, 1.54) is 0 Å². The molecule has 9 nitrogen and oxygen atoms in total. The quantitative estimate of drug-likeness (QED) is 0.659. The minimum Gasteiger partial charge on any atom is -0.385 e. The van der Waals surface area contributed by atoms with Gasteiger partial charge in [0.05, 0.1) is 24.9 Å². The molecule has 3 N–H and O–H groups in total. The second-order valence-electron chi connectivity index (χ2n) is 4.96. The Bertz CT molecular complexity index is 590. The number of H-pyrrole nitrogens is 1. The van der Waals surface area contributed by atoms with Gasteiger partial charge in [0.1, 0.15) is 6.10 Å². The molecule has 1 aliphatic rings. The lowest BCUT2D eigenvalue weighted by Crippen LogP contribution is -2.10. The molecule has 0 aromatic carbocycles. The molecule has 2 aromatic rings. The molecule has 1 atom stereocenters. The van der Waals surface area contributed by atoms with Crippen molar-refractivity contribution in [1.82, 2.24) is 30.2 Å². The minimum absolute atomic E-state index is 0.365. The van der Waals surface area contributed by atoms with Gasteiger partial charge in [0.15, 0.2) is 11.6 Å². The highest BCUT2D eigenvalue weighted by Gasteiger charge is 2.20. The van der Waals surface area contributed by atoms with Crippen LogP contribution in [0.15, 0.2) is 11.3 Å². The molecular formula is C12H18N8O. The van der Waals surface area contributed by atoms with Crippen LogP contribution in [0.1, 0.15) is 36.9 Å². The molecule has 0 fully saturated rings. The van der Waals surface area contributed by atoms with E-state index in [4.69, 9.17) is 0 Å². The number of rotatable bonds is 6. The van der Waals surface area contributed by atoms with Gasteiger partial charge in [0.25, 0.3) is 0 Å². The van der Waals surface area contributed by atoms with Crippen LogP contribution in [0.2, 0.25) is 0 Å². The summed E-state index contributed by atoms with van der Waals surface area (Å²) in [5, 5.41) is 26.9. The van der Waals surface area contributed by atoms with Gasteiger partial charge in [0.2, 0.25) is 0 Å². The number of unbranched alkanes of at least 4 members (excludes halogenated alkanes) is 2. The number of imidazole rings is 1. The van der Waals surface area contributed by atoms with Gasteiger partial charge in [0, 0.05) is 13.0 Å². The number of hydrogen-bond acceptors (Lipinski definition) is 7. The third-order valence-electron chi connectivity index (χ3n) is 3.45. The standard InChI is InChI=1S/C12H18N8O/c21-9-6-13-7-14-12-11(9)20(8-15-12)5-3-1-2-4-10-16-18-19-17-10/h7-9,21H,1-6H2,(H,13,14)(H,16,17,18,19). The highest BCUT2D eigenvalue weighted by atomic mass is 16.3. The molecule has 0 aliphatic carbocycles. The molecule has 3 rings (SSSR count). The summed E-state index contributed by atoms with van der Waals surface area (Å²) in [5.41, 5.74) is 0.811. The number of anilines is 1. The molecule has 0 radical (unpaired) electrons. The van der Waals surface area contributed by atoms with E-state index in [-0.39, 0.29) is 0 Å². The molecular weight excluding hydrogens is 272 g/mol. The zero-order chi connectivity index (χ0) is 14.5. The van der Waals surface area contributed by atoms with Crippen LogP contribution in [0.3, 0.4) is 0 Å². The molecule has 112 valence electrons. The predicted octanol–water partition coefficient (Wildman–Crippen LogP) is 0.296. The summed E-state index contributed by atoms with van der Waals surface area (Å²) in [6, 6.07) is 0. The fraction of sp³-hybridized carbons (Fsp3) is 0.583. The molecule has 0 spiro atoms. The van der Waals surface area contributed by atoms with Crippen molar-refractivity contribution < 1.29 is 5.11 Å². The summed E-state index contributed by atoms with van der Waals surface area (Å²) in [5.74, 6) is 1.44. The molecule has 9 heteroatoms. The van der Waals surface area contributed by atoms with Crippen molar-refractivity contribution in [2.45, 2.75) is 38.3 Å². The summed E-state index contributed by atoms with van der Waals surface area (Å²) < 4.78 is 2.00. The highest BCUT2D eigenvalue weighted by Crippen LogP contribution is 2.24. The first-order chi connectivity index (χ1) is 10.3. The Hall–Kier alpha value is -2.29. The number of aliphatic hydroxyl groups is 1. The smallest absolute Gasteiger partial charge is 0.174 e. The van der Waals surface area contributed by atoms with E-state index in [2.05, 4.69) is 35.9 Å².